The topological polar surface area (TPSA) is 57.6 Å². The molecule has 110 valence electrons. The molecule has 6 heteroatoms. The first-order valence-corrected chi connectivity index (χ1v) is 7.86. The van der Waals surface area contributed by atoms with E-state index in [1.165, 1.54) is 4.90 Å². The van der Waals surface area contributed by atoms with Crippen LogP contribution in [-0.2, 0) is 21.6 Å². The number of hydrogen-bond donors (Lipinski definition) is 1. The summed E-state index contributed by atoms with van der Waals surface area (Å²) in [6.07, 6.45) is 0.117. The molecule has 0 aromatic heterocycles. The molecule has 1 saturated heterocycles. The molecule has 2 atom stereocenters. The molecular formula is C15H14ClNO3S. The molecule has 0 spiro atoms. The molecular weight excluding hydrogens is 310 g/mol. The van der Waals surface area contributed by atoms with E-state index in [9.17, 15) is 14.7 Å². The maximum Gasteiger partial charge on any atom is 0.244 e. The number of carbonyl (C=O) groups is 2. The minimum Gasteiger partial charge on any atom is -0.376 e. The molecule has 0 radical (unpaired) electrons. The van der Waals surface area contributed by atoms with Gasteiger partial charge in [-0.15, -0.1) is 0 Å². The van der Waals surface area contributed by atoms with Crippen LogP contribution in [0, 0.1) is 0 Å². The number of nitrogens with zero attached hydrogens (tertiary/aromatic N) is 1. The molecule has 2 aliphatic rings. The summed E-state index contributed by atoms with van der Waals surface area (Å²) in [4.78, 5) is 26.4. The van der Waals surface area contributed by atoms with E-state index in [0.29, 0.717) is 22.2 Å². The number of hydrogen-bond acceptors (Lipinski definition) is 4. The zero-order chi connectivity index (χ0) is 15.4. The molecule has 4 nitrogen and oxygen atoms in total. The SMILES string of the molecule is C=C1SC(C2(O)C(=O)Cc3ccc(Cl)cc32)C(=O)N1CC. The number of aliphatic hydroxyl groups is 1. The van der Waals surface area contributed by atoms with Gasteiger partial charge in [0.15, 0.2) is 11.4 Å². The number of Topliss-reactive ketones (excluding diaryl/α,β-unsaturated/α-hetero) is 1. The Hall–Kier alpha value is -1.30. The number of halogens is 1. The number of carbonyl (C=O) groups excluding carboxylic acids is 2. The third-order valence-electron chi connectivity index (χ3n) is 4.00. The normalized spacial score (nSPS) is 28.4. The highest BCUT2D eigenvalue weighted by Gasteiger charge is 2.57. The van der Waals surface area contributed by atoms with Crippen LogP contribution in [0.2, 0.25) is 5.02 Å². The highest BCUT2D eigenvalue weighted by atomic mass is 35.5. The predicted molar refractivity (Wildman–Crippen MR) is 82.0 cm³/mol. The van der Waals surface area contributed by atoms with Crippen molar-refractivity contribution in [1.82, 2.24) is 4.90 Å². The van der Waals surface area contributed by atoms with Crippen molar-refractivity contribution in [1.29, 1.82) is 0 Å². The van der Waals surface area contributed by atoms with Gasteiger partial charge in [-0.3, -0.25) is 9.59 Å². The molecule has 21 heavy (non-hydrogen) atoms. The highest BCUT2D eigenvalue weighted by molar-refractivity contribution is 8.04. The number of ketones is 1. The third kappa shape index (κ3) is 1.95. The van der Waals surface area contributed by atoms with Crippen molar-refractivity contribution in [2.45, 2.75) is 24.2 Å². The van der Waals surface area contributed by atoms with Crippen molar-refractivity contribution in [3.63, 3.8) is 0 Å². The minimum atomic E-state index is -1.82. The molecule has 1 amide bonds. The van der Waals surface area contributed by atoms with Gasteiger partial charge in [0.25, 0.3) is 0 Å². The second-order valence-electron chi connectivity index (χ2n) is 5.14. The number of rotatable bonds is 2. The molecule has 1 aromatic carbocycles. The standard InChI is InChI=1S/C15H14ClNO3S/c1-3-17-8(2)21-13(14(17)19)15(20)11-7-10(16)5-4-9(11)6-12(15)18/h4-5,7,13,20H,2-3,6H2,1H3. The highest BCUT2D eigenvalue weighted by Crippen LogP contribution is 2.48. The van der Waals surface area contributed by atoms with E-state index in [4.69, 9.17) is 11.6 Å². The monoisotopic (exact) mass is 323 g/mol. The zero-order valence-corrected chi connectivity index (χ0v) is 13.0. The molecule has 1 heterocycles. The maximum atomic E-state index is 12.5. The van der Waals surface area contributed by atoms with Crippen molar-refractivity contribution in [2.24, 2.45) is 0 Å². The molecule has 1 aliphatic carbocycles. The van der Waals surface area contributed by atoms with Gasteiger partial charge in [0.2, 0.25) is 5.91 Å². The van der Waals surface area contributed by atoms with Crippen LogP contribution >= 0.6 is 23.4 Å². The number of benzene rings is 1. The Balaban J connectivity index is 2.10. The van der Waals surface area contributed by atoms with Gasteiger partial charge in [-0.1, -0.05) is 36.0 Å². The average Bonchev–Trinajstić information content (AvgIpc) is 2.87. The van der Waals surface area contributed by atoms with Crippen LogP contribution in [-0.4, -0.2) is 33.5 Å². The van der Waals surface area contributed by atoms with E-state index >= 15 is 0 Å². The Morgan fingerprint density at radius 1 is 1.52 bits per heavy atom. The molecule has 1 aliphatic heterocycles. The zero-order valence-electron chi connectivity index (χ0n) is 11.4. The van der Waals surface area contributed by atoms with Gasteiger partial charge in [-0.25, -0.2) is 0 Å². The van der Waals surface area contributed by atoms with E-state index in [2.05, 4.69) is 6.58 Å². The summed E-state index contributed by atoms with van der Waals surface area (Å²) < 4.78 is 0. The predicted octanol–water partition coefficient (Wildman–Crippen LogP) is 2.09. The lowest BCUT2D eigenvalue weighted by Gasteiger charge is -2.27. The first-order valence-electron chi connectivity index (χ1n) is 6.61. The minimum absolute atomic E-state index is 0.117. The van der Waals surface area contributed by atoms with Gasteiger partial charge in [0.05, 0.1) is 5.03 Å². The molecule has 0 saturated carbocycles. The molecule has 1 aromatic rings. The van der Waals surface area contributed by atoms with Crippen molar-refractivity contribution in [3.05, 3.63) is 46.0 Å². The van der Waals surface area contributed by atoms with Crippen molar-refractivity contribution in [3.8, 4) is 0 Å². The second kappa shape index (κ2) is 4.87. The number of amides is 1. The van der Waals surface area contributed by atoms with Crippen LogP contribution < -0.4 is 0 Å². The molecule has 2 unspecified atom stereocenters. The van der Waals surface area contributed by atoms with E-state index < -0.39 is 10.9 Å². The average molecular weight is 324 g/mol. The number of thioether (sulfide) groups is 1. The summed E-state index contributed by atoms with van der Waals surface area (Å²) in [6.45, 7) is 6.12. The van der Waals surface area contributed by atoms with Crippen LogP contribution in [0.3, 0.4) is 0 Å². The summed E-state index contributed by atoms with van der Waals surface area (Å²) in [6, 6.07) is 4.98. The van der Waals surface area contributed by atoms with E-state index in [-0.39, 0.29) is 18.1 Å². The van der Waals surface area contributed by atoms with Gasteiger partial charge in [0.1, 0.15) is 5.25 Å². The molecule has 3 rings (SSSR count). The smallest absolute Gasteiger partial charge is 0.244 e. The fourth-order valence-corrected chi connectivity index (χ4v) is 4.36. The first-order chi connectivity index (χ1) is 9.89. The summed E-state index contributed by atoms with van der Waals surface area (Å²) in [5.74, 6) is -0.646. The lowest BCUT2D eigenvalue weighted by atomic mass is 9.90. The van der Waals surface area contributed by atoms with Crippen molar-refractivity contribution < 1.29 is 14.7 Å². The van der Waals surface area contributed by atoms with Crippen LogP contribution in [0.1, 0.15) is 18.1 Å². The number of fused-ring (bicyclic) bond motifs is 1. The van der Waals surface area contributed by atoms with Gasteiger partial charge < -0.3 is 10.0 Å². The van der Waals surface area contributed by atoms with Crippen LogP contribution in [0.25, 0.3) is 0 Å². The Bertz CT molecular complexity index is 675. The first kappa shape index (κ1) is 14.6. The lowest BCUT2D eigenvalue weighted by molar-refractivity contribution is -0.143. The maximum absolute atomic E-state index is 12.5. The van der Waals surface area contributed by atoms with E-state index in [1.54, 1.807) is 18.2 Å². The molecule has 1 fully saturated rings. The Morgan fingerprint density at radius 2 is 2.24 bits per heavy atom. The Labute approximate surface area is 131 Å². The molecule has 0 bridgehead atoms. The van der Waals surface area contributed by atoms with Gasteiger partial charge in [-0.05, 0) is 30.2 Å². The summed E-state index contributed by atoms with van der Waals surface area (Å²) in [7, 11) is 0. The third-order valence-corrected chi connectivity index (χ3v) is 5.51. The van der Waals surface area contributed by atoms with E-state index in [0.717, 1.165) is 17.3 Å². The summed E-state index contributed by atoms with van der Waals surface area (Å²) in [5, 5.41) is 11.1. The Kier molecular flexibility index (Phi) is 3.39. The van der Waals surface area contributed by atoms with Crippen LogP contribution in [0.15, 0.2) is 29.8 Å². The second-order valence-corrected chi connectivity index (χ2v) is 6.76. The van der Waals surface area contributed by atoms with Crippen molar-refractivity contribution >= 4 is 35.1 Å². The largest absolute Gasteiger partial charge is 0.376 e. The quantitative estimate of drug-likeness (QED) is 0.905. The van der Waals surface area contributed by atoms with Crippen molar-refractivity contribution in [2.75, 3.05) is 6.54 Å². The Morgan fingerprint density at radius 3 is 2.86 bits per heavy atom. The van der Waals surface area contributed by atoms with Gasteiger partial charge >= 0.3 is 0 Å². The summed E-state index contributed by atoms with van der Waals surface area (Å²) >= 11 is 7.13. The fraction of sp³-hybridized carbons (Fsp3) is 0.333. The van der Waals surface area contributed by atoms with Gasteiger partial charge in [0, 0.05) is 18.0 Å². The van der Waals surface area contributed by atoms with Crippen LogP contribution in [0.5, 0.6) is 0 Å². The fourth-order valence-electron chi connectivity index (χ4n) is 2.91. The van der Waals surface area contributed by atoms with E-state index in [1.807, 2.05) is 6.92 Å². The summed E-state index contributed by atoms with van der Waals surface area (Å²) in [5.41, 5.74) is -0.660. The van der Waals surface area contributed by atoms with Crippen LogP contribution in [0.4, 0.5) is 0 Å². The molecule has 1 N–H and O–H groups in total. The van der Waals surface area contributed by atoms with Gasteiger partial charge in [-0.2, -0.15) is 0 Å². The lowest BCUT2D eigenvalue weighted by Crippen LogP contribution is -2.47.